The summed E-state index contributed by atoms with van der Waals surface area (Å²) in [5.74, 6) is -3.05. The first-order valence-corrected chi connectivity index (χ1v) is 20.8. The maximum Gasteiger partial charge on any atom is 0.410 e. The van der Waals surface area contributed by atoms with Crippen molar-refractivity contribution in [3.05, 3.63) is 67.7 Å². The van der Waals surface area contributed by atoms with Gasteiger partial charge in [0.25, 0.3) is 16.8 Å². The highest BCUT2D eigenvalue weighted by molar-refractivity contribution is 7.91. The molecule has 4 aliphatic heterocycles. The lowest BCUT2D eigenvalue weighted by atomic mass is 10.0. The standard InChI is InChI=1S/C38H45FN6O9S/c39-27-11-8-9-22-19-44(21-26(22)27)37(51)54-24-17-29-34(48)41-38(36(50)42-55(52,53)25-13-14-25)18-23(38)10-4-2-1-3-5-12-28(35(49)45(29)20-24)40-30-31(33(47)32(30)46)43-15-6-7-16-43/h4,8-11,23-25,28-29,40H,1-3,5-7,12-21H2,(H,41,48)(H,42,50)/b10-4-/t23-,24-,28+,29+,38-/m1/s1. The molecule has 2 saturated heterocycles. The Hall–Kier alpha value is -4.80. The lowest BCUT2D eigenvalue weighted by Gasteiger charge is -2.31. The number of fused-ring (bicyclic) bond motifs is 3. The lowest BCUT2D eigenvalue weighted by molar-refractivity contribution is -0.140. The average Bonchev–Trinajstić information content (AvgIpc) is 3.93. The monoisotopic (exact) mass is 780 g/mol. The van der Waals surface area contributed by atoms with Crippen LogP contribution in [0.5, 0.6) is 0 Å². The minimum absolute atomic E-state index is 0.0103. The predicted molar refractivity (Wildman–Crippen MR) is 198 cm³/mol. The zero-order valence-electron chi connectivity index (χ0n) is 30.4. The Morgan fingerprint density at radius 1 is 0.964 bits per heavy atom. The van der Waals surface area contributed by atoms with Crippen LogP contribution in [0.1, 0.15) is 81.8 Å². The Morgan fingerprint density at radius 2 is 1.75 bits per heavy atom. The van der Waals surface area contributed by atoms with Gasteiger partial charge in [-0.05, 0) is 63.0 Å². The summed E-state index contributed by atoms with van der Waals surface area (Å²) in [6.07, 6.45) is 7.61. The van der Waals surface area contributed by atoms with Gasteiger partial charge in [-0.25, -0.2) is 17.6 Å². The molecule has 0 unspecified atom stereocenters. The number of anilines is 2. The molecule has 15 nitrogen and oxygen atoms in total. The fourth-order valence-corrected chi connectivity index (χ4v) is 9.87. The van der Waals surface area contributed by atoms with E-state index in [0.717, 1.165) is 25.7 Å². The summed E-state index contributed by atoms with van der Waals surface area (Å²) in [5.41, 5.74) is -1.53. The first-order valence-electron chi connectivity index (χ1n) is 19.3. The van der Waals surface area contributed by atoms with Crippen molar-refractivity contribution in [3.8, 4) is 0 Å². The highest BCUT2D eigenvalue weighted by Crippen LogP contribution is 2.46. The number of halogens is 1. The Bertz CT molecular complexity index is 2130. The van der Waals surface area contributed by atoms with Gasteiger partial charge in [0.15, 0.2) is 0 Å². The number of amides is 4. The summed E-state index contributed by atoms with van der Waals surface area (Å²) in [6.45, 7) is 1.14. The molecule has 4 fully saturated rings. The van der Waals surface area contributed by atoms with Crippen molar-refractivity contribution in [1.29, 1.82) is 0 Å². The number of rotatable bonds is 7. The molecule has 6 aliphatic rings. The minimum Gasteiger partial charge on any atom is -0.444 e. The quantitative estimate of drug-likeness (QED) is 0.275. The Balaban J connectivity index is 1.07. The van der Waals surface area contributed by atoms with Gasteiger partial charge in [0, 0.05) is 37.5 Å². The Labute approximate surface area is 317 Å². The molecule has 2 aromatic carbocycles. The van der Waals surface area contributed by atoms with E-state index in [9.17, 15) is 41.6 Å². The Morgan fingerprint density at radius 3 is 2.49 bits per heavy atom. The van der Waals surface area contributed by atoms with Crippen LogP contribution in [-0.2, 0) is 42.2 Å². The highest BCUT2D eigenvalue weighted by Gasteiger charge is 2.62. The average molecular weight is 781 g/mol. The van der Waals surface area contributed by atoms with Gasteiger partial charge < -0.3 is 25.2 Å². The fraction of sp³-hybridized carbons (Fsp3) is 0.579. The molecule has 2 aliphatic carbocycles. The van der Waals surface area contributed by atoms with Gasteiger partial charge in [-0.2, -0.15) is 0 Å². The number of hydrogen-bond donors (Lipinski definition) is 3. The van der Waals surface area contributed by atoms with Crippen LogP contribution in [-0.4, -0.2) is 90.6 Å². The Kier molecular flexibility index (Phi) is 9.70. The van der Waals surface area contributed by atoms with Crippen LogP contribution in [0.3, 0.4) is 0 Å². The maximum atomic E-state index is 14.6. The van der Waals surface area contributed by atoms with Crippen LogP contribution < -0.4 is 31.1 Å². The zero-order chi connectivity index (χ0) is 38.6. The molecule has 0 aromatic heterocycles. The molecule has 294 valence electrons. The second-order valence-corrected chi connectivity index (χ2v) is 17.7. The SMILES string of the molecule is O=C1N[C@]2(C(=O)NS(=O)(=O)C3CC3)C[C@H]2/C=C\CCCCC[C@H](Nc2c(N3CCCC3)c(=O)c2=O)C(=O)N2C[C@H](OC(=O)N3Cc4cccc(F)c4C3)C[C@@H]12. The highest BCUT2D eigenvalue weighted by atomic mass is 32.2. The van der Waals surface area contributed by atoms with Gasteiger partial charge in [0.05, 0.1) is 18.3 Å². The van der Waals surface area contributed by atoms with Gasteiger partial charge >= 0.3 is 6.09 Å². The summed E-state index contributed by atoms with van der Waals surface area (Å²) in [5, 5.41) is 5.22. The number of sulfonamides is 1. The van der Waals surface area contributed by atoms with Gasteiger partial charge in [-0.1, -0.05) is 37.1 Å². The van der Waals surface area contributed by atoms with Crippen LogP contribution >= 0.6 is 0 Å². The summed E-state index contributed by atoms with van der Waals surface area (Å²) >= 11 is 0. The van der Waals surface area contributed by atoms with E-state index < -0.39 is 85.4 Å². The summed E-state index contributed by atoms with van der Waals surface area (Å²) in [4.78, 5) is 86.2. The fourth-order valence-electron chi connectivity index (χ4n) is 8.50. The largest absolute Gasteiger partial charge is 0.444 e. The normalized spacial score (nSPS) is 29.1. The molecule has 55 heavy (non-hydrogen) atoms. The molecule has 4 amide bonds. The minimum atomic E-state index is -3.94. The van der Waals surface area contributed by atoms with Crippen molar-refractivity contribution in [3.63, 3.8) is 0 Å². The molecule has 3 N–H and O–H groups in total. The second-order valence-electron chi connectivity index (χ2n) is 15.8. The van der Waals surface area contributed by atoms with E-state index in [-0.39, 0.29) is 50.3 Å². The summed E-state index contributed by atoms with van der Waals surface area (Å²) in [6, 6.07) is 2.35. The number of nitrogens with zero attached hydrogens (tertiary/aromatic N) is 3. The molecular formula is C38H45FN6O9S. The predicted octanol–water partition coefficient (Wildman–Crippen LogP) is 1.93. The second kappa shape index (κ2) is 14.4. The van der Waals surface area contributed by atoms with Crippen LogP contribution in [0.25, 0.3) is 0 Å². The van der Waals surface area contributed by atoms with Gasteiger partial charge in [0.2, 0.25) is 21.8 Å². The van der Waals surface area contributed by atoms with Gasteiger partial charge in [-0.15, -0.1) is 0 Å². The van der Waals surface area contributed by atoms with Crippen molar-refractivity contribution in [2.24, 2.45) is 5.92 Å². The van der Waals surface area contributed by atoms with Crippen molar-refractivity contribution in [1.82, 2.24) is 19.8 Å². The molecule has 5 atom stereocenters. The number of carbonyl (C=O) groups is 4. The molecule has 2 saturated carbocycles. The van der Waals surface area contributed by atoms with Gasteiger partial charge in [0.1, 0.15) is 40.9 Å². The molecule has 17 heteroatoms. The molecular weight excluding hydrogens is 736 g/mol. The molecule has 0 spiro atoms. The van der Waals surface area contributed by atoms with E-state index >= 15 is 0 Å². The summed E-state index contributed by atoms with van der Waals surface area (Å²) < 4.78 is 48.2. The number of nitrogens with one attached hydrogen (secondary N) is 3. The number of ether oxygens (including phenoxy) is 1. The van der Waals surface area contributed by atoms with Crippen LogP contribution in [0.15, 0.2) is 39.9 Å². The van der Waals surface area contributed by atoms with Crippen molar-refractivity contribution >= 4 is 45.2 Å². The number of allylic oxidation sites excluding steroid dienone is 1. The molecule has 4 heterocycles. The third kappa shape index (κ3) is 7.11. The van der Waals surface area contributed by atoms with Crippen LogP contribution in [0, 0.1) is 11.7 Å². The molecule has 0 radical (unpaired) electrons. The van der Waals surface area contributed by atoms with E-state index in [1.807, 2.05) is 17.1 Å². The van der Waals surface area contributed by atoms with Gasteiger partial charge in [-0.3, -0.25) is 33.6 Å². The number of carbonyl (C=O) groups excluding carboxylic acids is 4. The first kappa shape index (κ1) is 37.1. The van der Waals surface area contributed by atoms with Crippen molar-refractivity contribution in [2.45, 2.75) is 113 Å². The lowest BCUT2D eigenvalue weighted by Crippen LogP contribution is -2.58. The smallest absolute Gasteiger partial charge is 0.410 e. The third-order valence-corrected chi connectivity index (χ3v) is 13.7. The third-order valence-electron chi connectivity index (χ3n) is 11.9. The summed E-state index contributed by atoms with van der Waals surface area (Å²) in [7, 11) is -3.94. The maximum absolute atomic E-state index is 14.6. The number of hydrogen-bond acceptors (Lipinski definition) is 11. The van der Waals surface area contributed by atoms with Crippen molar-refractivity contribution < 1.29 is 36.7 Å². The van der Waals surface area contributed by atoms with E-state index in [4.69, 9.17) is 4.74 Å². The van der Waals surface area contributed by atoms with E-state index in [1.54, 1.807) is 12.1 Å². The van der Waals surface area contributed by atoms with Crippen LogP contribution in [0.2, 0.25) is 0 Å². The first-order chi connectivity index (χ1) is 26.4. The van der Waals surface area contributed by atoms with E-state index in [1.165, 1.54) is 15.9 Å². The molecule has 8 rings (SSSR count). The number of benzene rings is 1. The van der Waals surface area contributed by atoms with Crippen LogP contribution in [0.4, 0.5) is 20.6 Å². The zero-order valence-corrected chi connectivity index (χ0v) is 31.2. The van der Waals surface area contributed by atoms with E-state index in [0.29, 0.717) is 49.9 Å². The van der Waals surface area contributed by atoms with Crippen molar-refractivity contribution in [2.75, 3.05) is 29.9 Å². The van der Waals surface area contributed by atoms with E-state index in [2.05, 4.69) is 15.4 Å². The molecule has 2 aromatic rings. The molecule has 0 bridgehead atoms. The topological polar surface area (TPSA) is 192 Å².